The molecule has 0 unspecified atom stereocenters. The highest BCUT2D eigenvalue weighted by Crippen LogP contribution is 2.10. The van der Waals surface area contributed by atoms with E-state index in [1.807, 2.05) is 18.7 Å². The minimum absolute atomic E-state index is 0.0255. The first-order valence-corrected chi connectivity index (χ1v) is 6.79. The van der Waals surface area contributed by atoms with E-state index in [2.05, 4.69) is 5.10 Å². The molecular formula is C13H20N4O3. The minimum atomic E-state index is -0.829. The van der Waals surface area contributed by atoms with Crippen LogP contribution in [0.15, 0.2) is 6.07 Å². The largest absolute Gasteiger partial charge is 0.480 e. The third-order valence-electron chi connectivity index (χ3n) is 3.44. The Kier molecular flexibility index (Phi) is 4.39. The van der Waals surface area contributed by atoms with E-state index >= 15 is 0 Å². The summed E-state index contributed by atoms with van der Waals surface area (Å²) in [6, 6.07) is 1.80. The first-order valence-electron chi connectivity index (χ1n) is 6.79. The molecule has 1 aromatic rings. The van der Waals surface area contributed by atoms with Crippen LogP contribution in [0.4, 0.5) is 0 Å². The van der Waals surface area contributed by atoms with Gasteiger partial charge in [0.2, 0.25) is 0 Å². The molecule has 20 heavy (non-hydrogen) atoms. The van der Waals surface area contributed by atoms with Gasteiger partial charge in [-0.15, -0.1) is 0 Å². The smallest absolute Gasteiger partial charge is 0.317 e. The number of rotatable bonds is 4. The molecule has 2 rings (SSSR count). The summed E-state index contributed by atoms with van der Waals surface area (Å²) in [5, 5.41) is 13.0. The molecule has 1 saturated heterocycles. The second-order valence-electron chi connectivity index (χ2n) is 4.95. The third-order valence-corrected chi connectivity index (χ3v) is 3.44. The summed E-state index contributed by atoms with van der Waals surface area (Å²) in [6.07, 6.45) is 0. The number of carboxylic acid groups (broad SMARTS) is 1. The topological polar surface area (TPSA) is 78.7 Å². The lowest BCUT2D eigenvalue weighted by Crippen LogP contribution is -2.50. The van der Waals surface area contributed by atoms with E-state index in [0.29, 0.717) is 38.4 Å². The molecule has 0 aliphatic carbocycles. The quantitative estimate of drug-likeness (QED) is 0.843. The summed E-state index contributed by atoms with van der Waals surface area (Å²) in [4.78, 5) is 26.7. The van der Waals surface area contributed by atoms with Crippen molar-refractivity contribution in [2.75, 3.05) is 32.7 Å². The van der Waals surface area contributed by atoms with Gasteiger partial charge in [-0.1, -0.05) is 0 Å². The molecule has 1 aliphatic heterocycles. The molecule has 2 heterocycles. The van der Waals surface area contributed by atoms with Crippen molar-refractivity contribution in [2.24, 2.45) is 0 Å². The van der Waals surface area contributed by atoms with Crippen LogP contribution in [0.1, 0.15) is 23.1 Å². The van der Waals surface area contributed by atoms with Crippen molar-refractivity contribution in [1.29, 1.82) is 0 Å². The number of carbonyl (C=O) groups excluding carboxylic acids is 1. The molecule has 0 atom stereocenters. The molecule has 1 fully saturated rings. The Balaban J connectivity index is 1.99. The number of carboxylic acids is 1. The fourth-order valence-corrected chi connectivity index (χ4v) is 2.42. The third kappa shape index (κ3) is 3.16. The Hall–Kier alpha value is -1.89. The minimum Gasteiger partial charge on any atom is -0.480 e. The normalized spacial score (nSPS) is 16.4. The SMILES string of the molecule is CCn1nc(C)cc1C(=O)N1CCN(CC(=O)O)CC1. The summed E-state index contributed by atoms with van der Waals surface area (Å²) in [6.45, 7) is 6.82. The highest BCUT2D eigenvalue weighted by Gasteiger charge is 2.25. The zero-order chi connectivity index (χ0) is 14.7. The van der Waals surface area contributed by atoms with Gasteiger partial charge in [0.05, 0.1) is 12.2 Å². The van der Waals surface area contributed by atoms with Gasteiger partial charge in [0.15, 0.2) is 0 Å². The van der Waals surface area contributed by atoms with Gasteiger partial charge >= 0.3 is 5.97 Å². The van der Waals surface area contributed by atoms with Crippen molar-refractivity contribution in [3.63, 3.8) is 0 Å². The average molecular weight is 280 g/mol. The van der Waals surface area contributed by atoms with Crippen LogP contribution in [0.5, 0.6) is 0 Å². The van der Waals surface area contributed by atoms with Crippen molar-refractivity contribution >= 4 is 11.9 Å². The molecule has 110 valence electrons. The number of nitrogens with zero attached hydrogens (tertiary/aromatic N) is 4. The summed E-state index contributed by atoms with van der Waals surface area (Å²) in [5.41, 5.74) is 1.44. The van der Waals surface area contributed by atoms with Gasteiger partial charge in [0, 0.05) is 32.7 Å². The molecule has 7 nitrogen and oxygen atoms in total. The fraction of sp³-hybridized carbons (Fsp3) is 0.615. The van der Waals surface area contributed by atoms with E-state index in [-0.39, 0.29) is 12.5 Å². The Bertz CT molecular complexity index is 504. The van der Waals surface area contributed by atoms with Crippen molar-refractivity contribution in [2.45, 2.75) is 20.4 Å². The van der Waals surface area contributed by atoms with Gasteiger partial charge in [-0.2, -0.15) is 5.10 Å². The number of aliphatic carboxylic acids is 1. The molecule has 0 radical (unpaired) electrons. The molecule has 1 N–H and O–H groups in total. The maximum absolute atomic E-state index is 12.5. The fourth-order valence-electron chi connectivity index (χ4n) is 2.42. The Morgan fingerprint density at radius 1 is 1.30 bits per heavy atom. The Morgan fingerprint density at radius 2 is 1.95 bits per heavy atom. The van der Waals surface area contributed by atoms with Crippen molar-refractivity contribution in [3.05, 3.63) is 17.5 Å². The molecule has 1 aliphatic rings. The molecule has 7 heteroatoms. The van der Waals surface area contributed by atoms with Gasteiger partial charge in [0.25, 0.3) is 5.91 Å². The monoisotopic (exact) mass is 280 g/mol. The second kappa shape index (κ2) is 6.04. The zero-order valence-corrected chi connectivity index (χ0v) is 11.9. The molecule has 0 spiro atoms. The zero-order valence-electron chi connectivity index (χ0n) is 11.9. The molecule has 1 amide bonds. The van der Waals surface area contributed by atoms with Gasteiger partial charge < -0.3 is 10.0 Å². The highest BCUT2D eigenvalue weighted by atomic mass is 16.4. The van der Waals surface area contributed by atoms with Crippen molar-refractivity contribution in [3.8, 4) is 0 Å². The van der Waals surface area contributed by atoms with E-state index in [1.54, 1.807) is 15.6 Å². The van der Waals surface area contributed by atoms with Crippen LogP contribution in [0.25, 0.3) is 0 Å². The first-order chi connectivity index (χ1) is 9.51. The Morgan fingerprint density at radius 3 is 2.50 bits per heavy atom. The molecule has 0 saturated carbocycles. The number of aryl methyl sites for hydroxylation is 2. The second-order valence-corrected chi connectivity index (χ2v) is 4.95. The lowest BCUT2D eigenvalue weighted by Gasteiger charge is -2.33. The van der Waals surface area contributed by atoms with E-state index in [1.165, 1.54) is 0 Å². The van der Waals surface area contributed by atoms with Crippen LogP contribution in [0.3, 0.4) is 0 Å². The highest BCUT2D eigenvalue weighted by molar-refractivity contribution is 5.92. The van der Waals surface area contributed by atoms with Crippen LogP contribution in [0.2, 0.25) is 0 Å². The summed E-state index contributed by atoms with van der Waals surface area (Å²) in [5.74, 6) is -0.855. The van der Waals surface area contributed by atoms with Crippen LogP contribution in [-0.4, -0.2) is 69.3 Å². The van der Waals surface area contributed by atoms with Gasteiger partial charge in [-0.25, -0.2) is 0 Å². The lowest BCUT2D eigenvalue weighted by molar-refractivity contribution is -0.138. The molecule has 0 bridgehead atoms. The number of hydrogen-bond acceptors (Lipinski definition) is 4. The summed E-state index contributed by atoms with van der Waals surface area (Å²) in [7, 11) is 0. The van der Waals surface area contributed by atoms with Crippen LogP contribution in [0, 0.1) is 6.92 Å². The number of carbonyl (C=O) groups is 2. The van der Waals surface area contributed by atoms with Crippen molar-refractivity contribution < 1.29 is 14.7 Å². The predicted molar refractivity (Wildman–Crippen MR) is 72.6 cm³/mol. The number of piperazine rings is 1. The molecular weight excluding hydrogens is 260 g/mol. The number of hydrogen-bond donors (Lipinski definition) is 1. The summed E-state index contributed by atoms with van der Waals surface area (Å²) >= 11 is 0. The first kappa shape index (κ1) is 14.5. The molecule has 1 aromatic heterocycles. The number of aromatic nitrogens is 2. The summed E-state index contributed by atoms with van der Waals surface area (Å²) < 4.78 is 1.71. The predicted octanol–water partition coefficient (Wildman–Crippen LogP) is 0.0538. The van der Waals surface area contributed by atoms with Crippen LogP contribution in [-0.2, 0) is 11.3 Å². The maximum Gasteiger partial charge on any atom is 0.317 e. The molecule has 0 aromatic carbocycles. The van der Waals surface area contributed by atoms with Crippen molar-refractivity contribution in [1.82, 2.24) is 19.6 Å². The Labute approximate surface area is 117 Å². The van der Waals surface area contributed by atoms with Gasteiger partial charge in [0.1, 0.15) is 5.69 Å². The van der Waals surface area contributed by atoms with Gasteiger partial charge in [-0.05, 0) is 19.9 Å². The van der Waals surface area contributed by atoms with E-state index in [9.17, 15) is 9.59 Å². The van der Waals surface area contributed by atoms with Crippen LogP contribution >= 0.6 is 0 Å². The van der Waals surface area contributed by atoms with Gasteiger partial charge in [-0.3, -0.25) is 19.2 Å². The van der Waals surface area contributed by atoms with Crippen LogP contribution < -0.4 is 0 Å². The number of amides is 1. The average Bonchev–Trinajstić information content (AvgIpc) is 2.79. The standard InChI is InChI=1S/C13H20N4O3/c1-3-17-11(8-10(2)14-17)13(20)16-6-4-15(5-7-16)9-12(18)19/h8H,3-7,9H2,1-2H3,(H,18,19). The maximum atomic E-state index is 12.5. The van der Waals surface area contributed by atoms with E-state index in [0.717, 1.165) is 5.69 Å². The van der Waals surface area contributed by atoms with E-state index in [4.69, 9.17) is 5.11 Å². The van der Waals surface area contributed by atoms with E-state index < -0.39 is 5.97 Å². The lowest BCUT2D eigenvalue weighted by atomic mass is 10.2.